The monoisotopic (exact) mass is 498 g/mol. The van der Waals surface area contributed by atoms with Crippen molar-refractivity contribution in [2.75, 3.05) is 0 Å². The molecule has 0 heterocycles. The van der Waals surface area contributed by atoms with Gasteiger partial charge in [0.1, 0.15) is 0 Å². The molecule has 0 aromatic heterocycles. The molecule has 0 aromatic carbocycles. The van der Waals surface area contributed by atoms with Crippen LogP contribution in [0, 0.1) is 58.2 Å². The second-order valence-electron chi connectivity index (χ2n) is 14.7. The number of carboxylic acids is 1. The van der Waals surface area contributed by atoms with Crippen LogP contribution in [0.15, 0.2) is 11.6 Å². The van der Waals surface area contributed by atoms with E-state index in [1.54, 1.807) is 5.57 Å². The Morgan fingerprint density at radius 2 is 1.75 bits per heavy atom. The van der Waals surface area contributed by atoms with Gasteiger partial charge in [-0.15, -0.1) is 0 Å². The molecule has 36 heavy (non-hydrogen) atoms. The molecule has 4 rings (SSSR count). The standard InChI is InChI=1S/C34H58O2/c1-7-8-9-13-27(32(35)36)25-18-20-33(5)26(22-25)14-15-28-30-17-16-29(24(4)12-10-11-23(2)3)34(30,6)21-19-31(28)33/h14,23-25,27-31H,7-13,15-22H2,1-6H3,(H,35,36)/t24-,25+,27?,28+,29-,30+,31+,33+,34-/m1/s1. The number of carbonyl (C=O) groups is 1. The van der Waals surface area contributed by atoms with Crippen molar-refractivity contribution in [3.63, 3.8) is 0 Å². The first kappa shape index (κ1) is 28.2. The summed E-state index contributed by atoms with van der Waals surface area (Å²) in [4.78, 5) is 12.2. The summed E-state index contributed by atoms with van der Waals surface area (Å²) in [5.41, 5.74) is 2.53. The molecule has 0 spiro atoms. The van der Waals surface area contributed by atoms with Gasteiger partial charge < -0.3 is 5.11 Å². The van der Waals surface area contributed by atoms with Crippen LogP contribution in [0.25, 0.3) is 0 Å². The normalized spacial score (nSPS) is 39.6. The number of aliphatic carboxylic acids is 1. The lowest BCUT2D eigenvalue weighted by Gasteiger charge is -2.59. The molecule has 206 valence electrons. The van der Waals surface area contributed by atoms with Crippen molar-refractivity contribution in [3.8, 4) is 0 Å². The number of allylic oxidation sites excluding steroid dienone is 2. The van der Waals surface area contributed by atoms with Crippen molar-refractivity contribution in [1.29, 1.82) is 0 Å². The number of unbranched alkanes of at least 4 members (excludes halogenated alkanes) is 2. The van der Waals surface area contributed by atoms with E-state index in [4.69, 9.17) is 0 Å². The summed E-state index contributed by atoms with van der Waals surface area (Å²) in [6, 6.07) is 0. The summed E-state index contributed by atoms with van der Waals surface area (Å²) >= 11 is 0. The van der Waals surface area contributed by atoms with E-state index in [1.165, 1.54) is 64.2 Å². The molecule has 9 atom stereocenters. The average molecular weight is 499 g/mol. The molecular weight excluding hydrogens is 440 g/mol. The Morgan fingerprint density at radius 3 is 2.44 bits per heavy atom. The zero-order chi connectivity index (χ0) is 26.1. The highest BCUT2D eigenvalue weighted by atomic mass is 16.4. The van der Waals surface area contributed by atoms with Crippen LogP contribution in [0.2, 0.25) is 0 Å². The fourth-order valence-electron chi connectivity index (χ4n) is 10.2. The summed E-state index contributed by atoms with van der Waals surface area (Å²) in [6.45, 7) is 14.8. The van der Waals surface area contributed by atoms with E-state index < -0.39 is 5.97 Å². The Labute approximate surface area is 223 Å². The minimum atomic E-state index is -0.540. The lowest BCUT2D eigenvalue weighted by molar-refractivity contribution is -0.144. The highest BCUT2D eigenvalue weighted by Crippen LogP contribution is 2.67. The molecule has 4 aliphatic carbocycles. The van der Waals surface area contributed by atoms with Gasteiger partial charge in [0.2, 0.25) is 0 Å². The maximum atomic E-state index is 12.2. The molecule has 4 aliphatic rings. The van der Waals surface area contributed by atoms with E-state index in [2.05, 4.69) is 47.6 Å². The number of rotatable bonds is 11. The number of fused-ring (bicyclic) bond motifs is 5. The van der Waals surface area contributed by atoms with Gasteiger partial charge in [0.15, 0.2) is 0 Å². The molecule has 1 unspecified atom stereocenters. The minimum absolute atomic E-state index is 0.137. The number of carboxylic acid groups (broad SMARTS) is 1. The third-order valence-corrected chi connectivity index (χ3v) is 12.3. The first-order chi connectivity index (χ1) is 17.1. The van der Waals surface area contributed by atoms with Crippen LogP contribution < -0.4 is 0 Å². The predicted molar refractivity (Wildman–Crippen MR) is 152 cm³/mol. The van der Waals surface area contributed by atoms with Gasteiger partial charge in [-0.1, -0.05) is 91.7 Å². The lowest BCUT2D eigenvalue weighted by Crippen LogP contribution is -2.51. The second kappa shape index (κ2) is 11.5. The van der Waals surface area contributed by atoms with Gasteiger partial charge >= 0.3 is 5.97 Å². The van der Waals surface area contributed by atoms with Crippen LogP contribution in [-0.2, 0) is 4.79 Å². The van der Waals surface area contributed by atoms with Gasteiger partial charge in [-0.2, -0.15) is 0 Å². The molecule has 0 saturated heterocycles. The van der Waals surface area contributed by atoms with Crippen molar-refractivity contribution in [2.24, 2.45) is 58.2 Å². The van der Waals surface area contributed by atoms with Gasteiger partial charge in [0, 0.05) is 0 Å². The Hall–Kier alpha value is -0.790. The van der Waals surface area contributed by atoms with E-state index in [9.17, 15) is 9.90 Å². The molecule has 0 amide bonds. The zero-order valence-electron chi connectivity index (χ0n) is 24.7. The van der Waals surface area contributed by atoms with Gasteiger partial charge in [0.25, 0.3) is 0 Å². The summed E-state index contributed by atoms with van der Waals surface area (Å²) in [6.07, 6.45) is 21.6. The summed E-state index contributed by atoms with van der Waals surface area (Å²) < 4.78 is 0. The Bertz CT molecular complexity index is 782. The summed E-state index contributed by atoms with van der Waals surface area (Å²) in [7, 11) is 0. The molecular formula is C34H58O2. The first-order valence-corrected chi connectivity index (χ1v) is 16.0. The molecule has 0 aliphatic heterocycles. The maximum absolute atomic E-state index is 12.2. The van der Waals surface area contributed by atoms with E-state index in [0.29, 0.717) is 16.7 Å². The van der Waals surface area contributed by atoms with Gasteiger partial charge in [0.05, 0.1) is 5.92 Å². The highest BCUT2D eigenvalue weighted by molar-refractivity contribution is 5.70. The average Bonchev–Trinajstić information content (AvgIpc) is 3.18. The predicted octanol–water partition coefficient (Wildman–Crippen LogP) is 9.93. The molecule has 2 heteroatoms. The Morgan fingerprint density at radius 1 is 0.972 bits per heavy atom. The molecule has 0 bridgehead atoms. The van der Waals surface area contributed by atoms with Crippen LogP contribution in [0.1, 0.15) is 138 Å². The van der Waals surface area contributed by atoms with Crippen LogP contribution in [-0.4, -0.2) is 11.1 Å². The molecule has 1 N–H and O–H groups in total. The Balaban J connectivity index is 1.45. The van der Waals surface area contributed by atoms with Crippen LogP contribution >= 0.6 is 0 Å². The fourth-order valence-corrected chi connectivity index (χ4v) is 10.2. The van der Waals surface area contributed by atoms with Crippen molar-refractivity contribution in [2.45, 2.75) is 138 Å². The van der Waals surface area contributed by atoms with E-state index >= 15 is 0 Å². The van der Waals surface area contributed by atoms with Crippen LogP contribution in [0.5, 0.6) is 0 Å². The third kappa shape index (κ3) is 5.36. The van der Waals surface area contributed by atoms with E-state index in [1.807, 2.05) is 0 Å². The van der Waals surface area contributed by atoms with Gasteiger partial charge in [-0.25, -0.2) is 0 Å². The third-order valence-electron chi connectivity index (χ3n) is 12.3. The summed E-state index contributed by atoms with van der Waals surface area (Å²) in [5, 5.41) is 10.0. The van der Waals surface area contributed by atoms with Crippen molar-refractivity contribution >= 4 is 5.97 Å². The molecule has 0 aromatic rings. The van der Waals surface area contributed by atoms with Crippen LogP contribution in [0.4, 0.5) is 0 Å². The zero-order valence-corrected chi connectivity index (χ0v) is 24.7. The number of hydrogen-bond donors (Lipinski definition) is 1. The Kier molecular flexibility index (Phi) is 9.04. The van der Waals surface area contributed by atoms with Crippen molar-refractivity contribution in [1.82, 2.24) is 0 Å². The lowest BCUT2D eigenvalue weighted by atomic mass is 9.46. The maximum Gasteiger partial charge on any atom is 0.306 e. The second-order valence-corrected chi connectivity index (χ2v) is 14.7. The topological polar surface area (TPSA) is 37.3 Å². The van der Waals surface area contributed by atoms with Crippen molar-refractivity contribution < 1.29 is 9.90 Å². The fraction of sp³-hybridized carbons (Fsp3) is 0.912. The molecule has 2 nitrogen and oxygen atoms in total. The molecule has 3 saturated carbocycles. The van der Waals surface area contributed by atoms with Crippen LogP contribution in [0.3, 0.4) is 0 Å². The minimum Gasteiger partial charge on any atom is -0.481 e. The van der Waals surface area contributed by atoms with E-state index in [0.717, 1.165) is 67.6 Å². The largest absolute Gasteiger partial charge is 0.481 e. The quantitative estimate of drug-likeness (QED) is 0.227. The molecule has 3 fully saturated rings. The van der Waals surface area contributed by atoms with Gasteiger partial charge in [-0.3, -0.25) is 4.79 Å². The smallest absolute Gasteiger partial charge is 0.306 e. The van der Waals surface area contributed by atoms with Gasteiger partial charge in [-0.05, 0) is 110 Å². The van der Waals surface area contributed by atoms with E-state index in [-0.39, 0.29) is 5.92 Å². The first-order valence-electron chi connectivity index (χ1n) is 16.0. The highest BCUT2D eigenvalue weighted by Gasteiger charge is 2.59. The summed E-state index contributed by atoms with van der Waals surface area (Å²) in [5.74, 6) is 4.90. The number of hydrogen-bond acceptors (Lipinski definition) is 1. The molecule has 0 radical (unpaired) electrons. The van der Waals surface area contributed by atoms with Crippen molar-refractivity contribution in [3.05, 3.63) is 11.6 Å². The SMILES string of the molecule is CCCCCC(C(=O)O)[C@H]1CC[C@@]2(C)C(=CC[C@H]3[C@@H]4CC[C@H]([C@H](C)CCCC(C)C)[C@@]4(C)CC[C@@H]32)C1.